The summed E-state index contributed by atoms with van der Waals surface area (Å²) in [5.74, 6) is 0.210. The summed E-state index contributed by atoms with van der Waals surface area (Å²) < 4.78 is 5.22. The molecule has 0 aromatic carbocycles. The van der Waals surface area contributed by atoms with Gasteiger partial charge in [-0.15, -0.1) is 0 Å². The van der Waals surface area contributed by atoms with E-state index < -0.39 is 0 Å². The van der Waals surface area contributed by atoms with E-state index in [0.29, 0.717) is 6.04 Å². The van der Waals surface area contributed by atoms with Gasteiger partial charge < -0.3 is 10.1 Å². The molecule has 1 saturated heterocycles. The van der Waals surface area contributed by atoms with Gasteiger partial charge in [0.05, 0.1) is 6.04 Å². The third kappa shape index (κ3) is 2.91. The lowest BCUT2D eigenvalue weighted by Gasteiger charge is -2.25. The van der Waals surface area contributed by atoms with E-state index in [4.69, 9.17) is 4.74 Å². The summed E-state index contributed by atoms with van der Waals surface area (Å²) in [6.07, 6.45) is 2.05. The zero-order chi connectivity index (χ0) is 8.97. The number of carbonyl (C=O) groups is 1. The average molecular weight is 171 g/mol. The van der Waals surface area contributed by atoms with E-state index in [1.54, 1.807) is 6.92 Å². The van der Waals surface area contributed by atoms with Crippen molar-refractivity contribution in [1.29, 1.82) is 0 Å². The highest BCUT2D eigenvalue weighted by Gasteiger charge is 2.17. The zero-order valence-electron chi connectivity index (χ0n) is 7.80. The van der Waals surface area contributed by atoms with Crippen molar-refractivity contribution in [2.24, 2.45) is 0 Å². The van der Waals surface area contributed by atoms with E-state index in [0.717, 1.165) is 26.1 Å². The molecule has 1 aliphatic rings. The van der Waals surface area contributed by atoms with Crippen LogP contribution in [0, 0.1) is 0 Å². The van der Waals surface area contributed by atoms with Crippen LogP contribution in [-0.4, -0.2) is 31.1 Å². The van der Waals surface area contributed by atoms with Crippen LogP contribution in [0.5, 0.6) is 0 Å². The van der Waals surface area contributed by atoms with E-state index >= 15 is 0 Å². The van der Waals surface area contributed by atoms with Crippen LogP contribution >= 0.6 is 0 Å². The molecular weight excluding hydrogens is 154 g/mol. The molecule has 0 spiro atoms. The van der Waals surface area contributed by atoms with Crippen molar-refractivity contribution in [2.45, 2.75) is 38.8 Å². The molecule has 1 atom stereocenters. The highest BCUT2D eigenvalue weighted by molar-refractivity contribution is 5.80. The highest BCUT2D eigenvalue weighted by atomic mass is 16.5. The molecule has 0 radical (unpaired) electrons. The number of carbonyl (C=O) groups excluding carboxylic acids is 1. The second-order valence-electron chi connectivity index (χ2n) is 3.39. The topological polar surface area (TPSA) is 38.3 Å². The molecule has 12 heavy (non-hydrogen) atoms. The summed E-state index contributed by atoms with van der Waals surface area (Å²) in [6, 6.07) is 0.464. The molecule has 1 fully saturated rings. The van der Waals surface area contributed by atoms with Gasteiger partial charge in [-0.1, -0.05) is 0 Å². The Labute approximate surface area is 73.5 Å². The molecule has 1 N–H and O–H groups in total. The van der Waals surface area contributed by atoms with Gasteiger partial charge in [-0.2, -0.15) is 0 Å². The van der Waals surface area contributed by atoms with Gasteiger partial charge in [-0.25, -0.2) is 0 Å². The fourth-order valence-electron chi connectivity index (χ4n) is 1.34. The van der Waals surface area contributed by atoms with Gasteiger partial charge in [0.25, 0.3) is 0 Å². The minimum absolute atomic E-state index is 0.00639. The van der Waals surface area contributed by atoms with Gasteiger partial charge in [-0.05, 0) is 26.7 Å². The monoisotopic (exact) mass is 171 g/mol. The number of rotatable bonds is 3. The van der Waals surface area contributed by atoms with Crippen molar-refractivity contribution in [3.05, 3.63) is 0 Å². The number of nitrogens with one attached hydrogen (secondary N) is 1. The lowest BCUT2D eigenvalue weighted by Crippen LogP contribution is -2.43. The Morgan fingerprint density at radius 3 is 2.58 bits per heavy atom. The normalized spacial score (nSPS) is 22.2. The molecule has 0 amide bonds. The van der Waals surface area contributed by atoms with E-state index in [9.17, 15) is 4.79 Å². The molecule has 3 heteroatoms. The van der Waals surface area contributed by atoms with Crippen LogP contribution in [0.1, 0.15) is 26.7 Å². The molecule has 3 nitrogen and oxygen atoms in total. The second-order valence-corrected chi connectivity index (χ2v) is 3.39. The molecule has 1 unspecified atom stereocenters. The summed E-state index contributed by atoms with van der Waals surface area (Å²) in [5, 5.41) is 3.29. The quantitative estimate of drug-likeness (QED) is 0.680. The molecule has 70 valence electrons. The smallest absolute Gasteiger partial charge is 0.146 e. The predicted molar refractivity (Wildman–Crippen MR) is 47.1 cm³/mol. The molecule has 1 aliphatic heterocycles. The fraction of sp³-hybridized carbons (Fsp3) is 0.889. The standard InChI is InChI=1S/C9H17NO2/c1-7(8(2)11)10-9-3-5-12-6-4-9/h7,9-10H,3-6H2,1-2H3. The third-order valence-corrected chi connectivity index (χ3v) is 2.32. The molecule has 1 heterocycles. The van der Waals surface area contributed by atoms with Crippen molar-refractivity contribution < 1.29 is 9.53 Å². The van der Waals surface area contributed by atoms with Crippen LogP contribution in [0.3, 0.4) is 0 Å². The Morgan fingerprint density at radius 2 is 2.08 bits per heavy atom. The van der Waals surface area contributed by atoms with Gasteiger partial charge in [0.2, 0.25) is 0 Å². The Kier molecular flexibility index (Phi) is 3.69. The SMILES string of the molecule is CC(=O)C(C)NC1CCOCC1. The Morgan fingerprint density at radius 1 is 1.50 bits per heavy atom. The maximum absolute atomic E-state index is 10.9. The molecule has 0 aliphatic carbocycles. The van der Waals surface area contributed by atoms with Gasteiger partial charge in [0.15, 0.2) is 0 Å². The van der Waals surface area contributed by atoms with Crippen LogP contribution in [-0.2, 0) is 9.53 Å². The van der Waals surface area contributed by atoms with Crippen LogP contribution < -0.4 is 5.32 Å². The summed E-state index contributed by atoms with van der Waals surface area (Å²) in [5.41, 5.74) is 0. The Bertz CT molecular complexity index is 153. The Balaban J connectivity index is 2.24. The van der Waals surface area contributed by atoms with E-state index in [1.807, 2.05) is 6.92 Å². The zero-order valence-corrected chi connectivity index (χ0v) is 7.80. The van der Waals surface area contributed by atoms with Crippen molar-refractivity contribution in [3.8, 4) is 0 Å². The summed E-state index contributed by atoms with van der Waals surface area (Å²) in [4.78, 5) is 10.9. The number of ether oxygens (including phenoxy) is 1. The van der Waals surface area contributed by atoms with E-state index in [2.05, 4.69) is 5.32 Å². The number of hydrogen-bond acceptors (Lipinski definition) is 3. The maximum atomic E-state index is 10.9. The lowest BCUT2D eigenvalue weighted by molar-refractivity contribution is -0.118. The van der Waals surface area contributed by atoms with Gasteiger partial charge in [0.1, 0.15) is 5.78 Å². The second kappa shape index (κ2) is 4.58. The third-order valence-electron chi connectivity index (χ3n) is 2.32. The van der Waals surface area contributed by atoms with Crippen molar-refractivity contribution >= 4 is 5.78 Å². The van der Waals surface area contributed by atoms with E-state index in [1.165, 1.54) is 0 Å². The van der Waals surface area contributed by atoms with E-state index in [-0.39, 0.29) is 11.8 Å². The predicted octanol–water partition coefficient (Wildman–Crippen LogP) is 0.732. The minimum Gasteiger partial charge on any atom is -0.381 e. The molecule has 0 saturated carbocycles. The molecular formula is C9H17NO2. The van der Waals surface area contributed by atoms with Gasteiger partial charge in [-0.3, -0.25) is 4.79 Å². The van der Waals surface area contributed by atoms with Crippen LogP contribution in [0.2, 0.25) is 0 Å². The first kappa shape index (κ1) is 9.68. The van der Waals surface area contributed by atoms with Crippen LogP contribution in [0.4, 0.5) is 0 Å². The average Bonchev–Trinajstić information content (AvgIpc) is 2.06. The first-order valence-corrected chi connectivity index (χ1v) is 4.54. The van der Waals surface area contributed by atoms with Crippen molar-refractivity contribution in [1.82, 2.24) is 5.32 Å². The van der Waals surface area contributed by atoms with Gasteiger partial charge >= 0.3 is 0 Å². The highest BCUT2D eigenvalue weighted by Crippen LogP contribution is 2.06. The van der Waals surface area contributed by atoms with Crippen LogP contribution in [0.15, 0.2) is 0 Å². The summed E-state index contributed by atoms with van der Waals surface area (Å²) in [6.45, 7) is 5.18. The van der Waals surface area contributed by atoms with Crippen molar-refractivity contribution in [3.63, 3.8) is 0 Å². The maximum Gasteiger partial charge on any atom is 0.146 e. The number of ketones is 1. The van der Waals surface area contributed by atoms with Crippen molar-refractivity contribution in [2.75, 3.05) is 13.2 Å². The number of Topliss-reactive ketones (excluding diaryl/α,β-unsaturated/α-hetero) is 1. The molecule has 0 aromatic heterocycles. The first-order valence-electron chi connectivity index (χ1n) is 4.54. The molecule has 1 rings (SSSR count). The molecule has 0 aromatic rings. The minimum atomic E-state index is -0.00639. The van der Waals surface area contributed by atoms with Gasteiger partial charge in [0, 0.05) is 19.3 Å². The first-order chi connectivity index (χ1) is 5.70. The summed E-state index contributed by atoms with van der Waals surface area (Å²) in [7, 11) is 0. The largest absolute Gasteiger partial charge is 0.381 e. The Hall–Kier alpha value is -0.410. The van der Waals surface area contributed by atoms with Crippen LogP contribution in [0.25, 0.3) is 0 Å². The lowest BCUT2D eigenvalue weighted by atomic mass is 10.1. The molecule has 0 bridgehead atoms. The fourth-order valence-corrected chi connectivity index (χ4v) is 1.34. The number of hydrogen-bond donors (Lipinski definition) is 1. The summed E-state index contributed by atoms with van der Waals surface area (Å²) >= 11 is 0.